The Morgan fingerprint density at radius 3 is 2.66 bits per heavy atom. The fourth-order valence-corrected chi connectivity index (χ4v) is 3.08. The van der Waals surface area contributed by atoms with Crippen molar-refractivity contribution in [1.82, 2.24) is 20.6 Å². The number of amides is 2. The van der Waals surface area contributed by atoms with E-state index in [9.17, 15) is 18.8 Å². The lowest BCUT2D eigenvalue weighted by Gasteiger charge is -2.21. The van der Waals surface area contributed by atoms with Crippen LogP contribution in [-0.2, 0) is 26.4 Å². The molecule has 32 heavy (non-hydrogen) atoms. The van der Waals surface area contributed by atoms with E-state index in [2.05, 4.69) is 30.7 Å². The molecule has 11 nitrogen and oxygen atoms in total. The molecule has 1 aliphatic heterocycles. The molecule has 3 rings (SSSR count). The van der Waals surface area contributed by atoms with Crippen LogP contribution in [-0.4, -0.2) is 41.9 Å². The topological polar surface area (TPSA) is 158 Å². The molecular formula is C20H21FN6O5. The minimum Gasteiger partial charge on any atom is -0.482 e. The second-order valence-corrected chi connectivity index (χ2v) is 6.91. The number of allylic oxidation sites excluding steroid dienone is 1. The summed E-state index contributed by atoms with van der Waals surface area (Å²) in [5.74, 6) is -1.20. The first-order valence-electron chi connectivity index (χ1n) is 9.34. The number of H-pyrrole nitrogens is 1. The summed E-state index contributed by atoms with van der Waals surface area (Å²) in [6.45, 7) is 1.43. The van der Waals surface area contributed by atoms with Crippen molar-refractivity contribution in [2.45, 2.75) is 19.0 Å². The highest BCUT2D eigenvalue weighted by Gasteiger charge is 2.48. The molecule has 2 amide bonds. The number of halogens is 1. The SMILES string of the molecule is COC(=O)NC1(C)C(=O)Nc2nc(C(=N)/C=C(\NCc3ccccc3F)OC)[nH]c(=O)c21. The van der Waals surface area contributed by atoms with Crippen LogP contribution in [0.2, 0.25) is 0 Å². The lowest BCUT2D eigenvalue weighted by atomic mass is 9.96. The number of nitrogens with one attached hydrogen (secondary N) is 5. The average Bonchev–Trinajstić information content (AvgIpc) is 3.01. The molecule has 0 saturated carbocycles. The first kappa shape index (κ1) is 22.5. The Morgan fingerprint density at radius 2 is 2.00 bits per heavy atom. The number of benzene rings is 1. The Balaban J connectivity index is 1.85. The van der Waals surface area contributed by atoms with Crippen LogP contribution in [0.25, 0.3) is 0 Å². The molecule has 0 radical (unpaired) electrons. The molecule has 0 bridgehead atoms. The Hall–Kier alpha value is -4.22. The van der Waals surface area contributed by atoms with Crippen LogP contribution in [0, 0.1) is 11.2 Å². The number of carbonyl (C=O) groups is 2. The Kier molecular flexibility index (Phi) is 6.23. The number of carbonyl (C=O) groups excluding carboxylic acids is 2. The van der Waals surface area contributed by atoms with E-state index in [-0.39, 0.29) is 35.3 Å². The van der Waals surface area contributed by atoms with Gasteiger partial charge in [0.2, 0.25) is 0 Å². The van der Waals surface area contributed by atoms with E-state index in [1.54, 1.807) is 18.2 Å². The van der Waals surface area contributed by atoms with Crippen LogP contribution in [0.5, 0.6) is 0 Å². The molecule has 0 spiro atoms. The van der Waals surface area contributed by atoms with Gasteiger partial charge in [-0.15, -0.1) is 0 Å². The van der Waals surface area contributed by atoms with Crippen molar-refractivity contribution in [3.63, 3.8) is 0 Å². The average molecular weight is 444 g/mol. The van der Waals surface area contributed by atoms with Crippen LogP contribution >= 0.6 is 0 Å². The Morgan fingerprint density at radius 1 is 1.28 bits per heavy atom. The second kappa shape index (κ2) is 8.88. The number of aromatic nitrogens is 2. The molecule has 0 aliphatic carbocycles. The highest BCUT2D eigenvalue weighted by molar-refractivity contribution is 6.08. The summed E-state index contributed by atoms with van der Waals surface area (Å²) in [4.78, 5) is 43.3. The Bertz CT molecular complexity index is 1180. The molecule has 1 atom stereocenters. The number of hydrogen-bond donors (Lipinski definition) is 5. The molecule has 0 saturated heterocycles. The molecule has 1 aromatic carbocycles. The van der Waals surface area contributed by atoms with Gasteiger partial charge in [0.15, 0.2) is 17.2 Å². The first-order chi connectivity index (χ1) is 15.2. The van der Waals surface area contributed by atoms with E-state index in [1.807, 2.05) is 0 Å². The minimum absolute atomic E-state index is 0.0934. The van der Waals surface area contributed by atoms with Crippen molar-refractivity contribution >= 4 is 23.5 Å². The second-order valence-electron chi connectivity index (χ2n) is 6.91. The van der Waals surface area contributed by atoms with E-state index in [0.717, 1.165) is 7.11 Å². The summed E-state index contributed by atoms with van der Waals surface area (Å²) in [7, 11) is 2.48. The predicted octanol–water partition coefficient (Wildman–Crippen LogP) is 1.08. The maximum Gasteiger partial charge on any atom is 0.407 e. The van der Waals surface area contributed by atoms with E-state index in [0.29, 0.717) is 5.56 Å². The van der Waals surface area contributed by atoms with Crippen LogP contribution in [0.3, 0.4) is 0 Å². The smallest absolute Gasteiger partial charge is 0.407 e. The highest BCUT2D eigenvalue weighted by Crippen LogP contribution is 2.31. The number of hydrogen-bond acceptors (Lipinski definition) is 8. The molecule has 1 aliphatic rings. The minimum atomic E-state index is -1.70. The summed E-state index contributed by atoms with van der Waals surface area (Å²) < 4.78 is 23.5. The number of alkyl carbamates (subject to hydrolysis) is 1. The van der Waals surface area contributed by atoms with Crippen molar-refractivity contribution in [2.24, 2.45) is 0 Å². The predicted molar refractivity (Wildman–Crippen MR) is 112 cm³/mol. The molecule has 0 fully saturated rings. The Labute approximate surface area is 181 Å². The summed E-state index contributed by atoms with van der Waals surface area (Å²) in [6.07, 6.45) is 0.342. The van der Waals surface area contributed by atoms with Crippen molar-refractivity contribution in [1.29, 1.82) is 5.41 Å². The maximum atomic E-state index is 13.8. The van der Waals surface area contributed by atoms with Crippen LogP contribution in [0.4, 0.5) is 15.0 Å². The molecule has 1 unspecified atom stereocenters. The van der Waals surface area contributed by atoms with E-state index in [1.165, 1.54) is 26.2 Å². The van der Waals surface area contributed by atoms with Gasteiger partial charge in [-0.3, -0.25) is 15.0 Å². The standard InChI is InChI=1S/C20H21FN6O5/c1-20(27-19(30)32-3)14-16(26-18(20)29)24-15(25-17(14)28)12(22)8-13(31-2)23-9-10-6-4-5-7-11(10)21/h4-8,22-23H,9H2,1-3H3,(H,27,30)(H2,24,25,26,28,29)/b13-8+,22-12?. The fourth-order valence-electron chi connectivity index (χ4n) is 3.08. The first-order valence-corrected chi connectivity index (χ1v) is 9.34. The number of fused-ring (bicyclic) bond motifs is 1. The van der Waals surface area contributed by atoms with Crippen LogP contribution in [0.15, 0.2) is 41.0 Å². The third-order valence-electron chi connectivity index (χ3n) is 4.80. The van der Waals surface area contributed by atoms with Gasteiger partial charge in [-0.2, -0.15) is 0 Å². The highest BCUT2D eigenvalue weighted by atomic mass is 19.1. The summed E-state index contributed by atoms with van der Waals surface area (Å²) in [5.41, 5.74) is -2.38. The van der Waals surface area contributed by atoms with Crippen molar-refractivity contribution in [3.05, 3.63) is 69.3 Å². The molecule has 12 heteroatoms. The number of ether oxygens (including phenoxy) is 2. The maximum absolute atomic E-state index is 13.8. The molecule has 2 aromatic rings. The van der Waals surface area contributed by atoms with Gasteiger partial charge in [-0.1, -0.05) is 18.2 Å². The lowest BCUT2D eigenvalue weighted by Crippen LogP contribution is -2.50. The van der Waals surface area contributed by atoms with Gasteiger partial charge in [0.25, 0.3) is 11.5 Å². The van der Waals surface area contributed by atoms with Crippen LogP contribution < -0.4 is 21.5 Å². The summed E-state index contributed by atoms with van der Waals surface area (Å²) >= 11 is 0. The van der Waals surface area contributed by atoms with Gasteiger partial charge < -0.3 is 30.4 Å². The number of aromatic amines is 1. The van der Waals surface area contributed by atoms with E-state index in [4.69, 9.17) is 10.1 Å². The van der Waals surface area contributed by atoms with Gasteiger partial charge in [0.1, 0.15) is 17.3 Å². The zero-order valence-electron chi connectivity index (χ0n) is 17.5. The van der Waals surface area contributed by atoms with Crippen molar-refractivity contribution in [3.8, 4) is 0 Å². The normalized spacial score (nSPS) is 17.2. The zero-order valence-corrected chi connectivity index (χ0v) is 17.5. The third-order valence-corrected chi connectivity index (χ3v) is 4.80. The fraction of sp³-hybridized carbons (Fsp3) is 0.250. The van der Waals surface area contributed by atoms with Gasteiger partial charge in [0.05, 0.1) is 19.8 Å². The number of nitrogens with zero attached hydrogens (tertiary/aromatic N) is 1. The van der Waals surface area contributed by atoms with E-state index >= 15 is 0 Å². The summed E-state index contributed by atoms with van der Waals surface area (Å²) in [5, 5.41) is 15.8. The third kappa shape index (κ3) is 4.29. The molecule has 2 heterocycles. The molecule has 168 valence electrons. The monoisotopic (exact) mass is 444 g/mol. The zero-order chi connectivity index (χ0) is 23.5. The van der Waals surface area contributed by atoms with Gasteiger partial charge in [-0.25, -0.2) is 14.2 Å². The van der Waals surface area contributed by atoms with Crippen molar-refractivity contribution < 1.29 is 23.5 Å². The molecule has 5 N–H and O–H groups in total. The quantitative estimate of drug-likeness (QED) is 0.316. The number of anilines is 1. The molecule has 1 aromatic heterocycles. The van der Waals surface area contributed by atoms with Gasteiger partial charge in [-0.05, 0) is 13.0 Å². The van der Waals surface area contributed by atoms with Gasteiger partial charge in [0, 0.05) is 18.2 Å². The number of methoxy groups -OCH3 is 2. The van der Waals surface area contributed by atoms with Crippen LogP contribution in [0.1, 0.15) is 23.9 Å². The summed E-state index contributed by atoms with van der Waals surface area (Å²) in [6, 6.07) is 6.19. The van der Waals surface area contributed by atoms with Crippen molar-refractivity contribution in [2.75, 3.05) is 19.5 Å². The number of rotatable bonds is 7. The largest absolute Gasteiger partial charge is 0.482 e. The lowest BCUT2D eigenvalue weighted by molar-refractivity contribution is -0.121. The molecular weight excluding hydrogens is 423 g/mol. The van der Waals surface area contributed by atoms with Gasteiger partial charge >= 0.3 is 6.09 Å². The van der Waals surface area contributed by atoms with E-state index < -0.39 is 28.9 Å².